The van der Waals surface area contributed by atoms with Crippen molar-refractivity contribution in [1.29, 1.82) is 0 Å². The van der Waals surface area contributed by atoms with Crippen LogP contribution in [0, 0.1) is 18.3 Å². The van der Waals surface area contributed by atoms with Gasteiger partial charge in [-0.2, -0.15) is 18.3 Å². The molecule has 3 aromatic rings. The van der Waals surface area contributed by atoms with Gasteiger partial charge in [0, 0.05) is 29.8 Å². The van der Waals surface area contributed by atoms with Crippen LogP contribution in [-0.2, 0) is 4.79 Å². The quantitative estimate of drug-likeness (QED) is 0.618. The summed E-state index contributed by atoms with van der Waals surface area (Å²) in [6.07, 6.45) is 13.8. The van der Waals surface area contributed by atoms with Gasteiger partial charge in [0.25, 0.3) is 0 Å². The summed E-state index contributed by atoms with van der Waals surface area (Å²) in [5, 5.41) is 12.7. The number of fused-ring (bicyclic) bond motifs is 1. The van der Waals surface area contributed by atoms with Crippen LogP contribution < -0.4 is 0 Å². The van der Waals surface area contributed by atoms with Gasteiger partial charge in [-0.15, -0.1) is 12.3 Å². The number of nitrogens with one attached hydrogen (secondary N) is 1. The molecule has 3 heterocycles. The highest BCUT2D eigenvalue weighted by atomic mass is 19.4. The Labute approximate surface area is 170 Å². The van der Waals surface area contributed by atoms with E-state index in [-0.39, 0.29) is 0 Å². The smallest absolute Gasteiger partial charge is 0.475 e. The maximum Gasteiger partial charge on any atom is 0.490 e. The second kappa shape index (κ2) is 8.98. The molecule has 30 heavy (non-hydrogen) atoms. The minimum Gasteiger partial charge on any atom is -0.475 e. The van der Waals surface area contributed by atoms with Crippen LogP contribution in [0.25, 0.3) is 22.3 Å². The summed E-state index contributed by atoms with van der Waals surface area (Å²) in [4.78, 5) is 20.7. The number of rotatable bonds is 4. The highest BCUT2D eigenvalue weighted by Gasteiger charge is 2.38. The summed E-state index contributed by atoms with van der Waals surface area (Å²) in [5.74, 6) is 0.705. The van der Waals surface area contributed by atoms with Crippen molar-refractivity contribution in [3.05, 3.63) is 31.0 Å². The third-order valence-corrected chi connectivity index (χ3v) is 5.08. The van der Waals surface area contributed by atoms with E-state index in [0.29, 0.717) is 12.0 Å². The van der Waals surface area contributed by atoms with Crippen molar-refractivity contribution < 1.29 is 23.1 Å². The number of halogens is 3. The summed E-state index contributed by atoms with van der Waals surface area (Å²) < 4.78 is 33.8. The summed E-state index contributed by atoms with van der Waals surface area (Å²) in [5.41, 5.74) is 2.77. The van der Waals surface area contributed by atoms with Crippen molar-refractivity contribution in [2.75, 3.05) is 0 Å². The van der Waals surface area contributed by atoms with Crippen molar-refractivity contribution in [2.24, 2.45) is 5.92 Å². The van der Waals surface area contributed by atoms with Gasteiger partial charge >= 0.3 is 12.1 Å². The van der Waals surface area contributed by atoms with E-state index >= 15 is 0 Å². The molecule has 3 aromatic heterocycles. The highest BCUT2D eigenvalue weighted by molar-refractivity contribution is 5.89. The number of aromatic amines is 1. The largest absolute Gasteiger partial charge is 0.490 e. The first-order valence-corrected chi connectivity index (χ1v) is 9.37. The van der Waals surface area contributed by atoms with Crippen LogP contribution in [0.15, 0.2) is 31.0 Å². The number of terminal acetylenes is 1. The molecule has 0 amide bonds. The molecule has 0 saturated heterocycles. The van der Waals surface area contributed by atoms with Crippen LogP contribution in [0.1, 0.15) is 38.1 Å². The lowest BCUT2D eigenvalue weighted by molar-refractivity contribution is -0.192. The number of carbonyl (C=O) groups is 1. The molecule has 1 saturated carbocycles. The lowest BCUT2D eigenvalue weighted by Crippen LogP contribution is -2.21. The average molecular weight is 419 g/mol. The van der Waals surface area contributed by atoms with Gasteiger partial charge in [0.15, 0.2) is 0 Å². The molecule has 1 fully saturated rings. The van der Waals surface area contributed by atoms with E-state index in [2.05, 4.69) is 32.2 Å². The van der Waals surface area contributed by atoms with Crippen LogP contribution >= 0.6 is 0 Å². The Morgan fingerprint density at radius 1 is 1.37 bits per heavy atom. The highest BCUT2D eigenvalue weighted by Crippen LogP contribution is 2.36. The minimum atomic E-state index is -5.08. The van der Waals surface area contributed by atoms with Gasteiger partial charge in [-0.3, -0.25) is 4.68 Å². The Morgan fingerprint density at radius 3 is 2.70 bits per heavy atom. The first-order chi connectivity index (χ1) is 14.3. The molecule has 1 atom stereocenters. The van der Waals surface area contributed by atoms with Gasteiger partial charge in [-0.1, -0.05) is 12.8 Å². The van der Waals surface area contributed by atoms with Crippen molar-refractivity contribution >= 4 is 17.0 Å². The number of alkyl halides is 3. The monoisotopic (exact) mass is 419 g/mol. The first kappa shape index (κ1) is 21.4. The molecule has 158 valence electrons. The Kier molecular flexibility index (Phi) is 6.40. The van der Waals surface area contributed by atoms with E-state index in [0.717, 1.165) is 28.7 Å². The Hall–Kier alpha value is -3.35. The fourth-order valence-corrected chi connectivity index (χ4v) is 3.68. The minimum absolute atomic E-state index is 0.291. The van der Waals surface area contributed by atoms with Gasteiger partial charge < -0.3 is 10.1 Å². The van der Waals surface area contributed by atoms with E-state index in [1.807, 2.05) is 23.1 Å². The van der Waals surface area contributed by atoms with Crippen LogP contribution in [-0.4, -0.2) is 42.0 Å². The Bertz CT molecular complexity index is 1040. The first-order valence-electron chi connectivity index (χ1n) is 9.37. The number of hydrogen-bond acceptors (Lipinski definition) is 4. The molecule has 4 rings (SSSR count). The molecule has 7 nitrogen and oxygen atoms in total. The number of nitrogens with zero attached hydrogens (tertiary/aromatic N) is 4. The molecule has 0 aromatic carbocycles. The zero-order chi connectivity index (χ0) is 21.7. The maximum absolute atomic E-state index is 10.6. The molecule has 10 heteroatoms. The van der Waals surface area contributed by atoms with Crippen molar-refractivity contribution in [1.82, 2.24) is 24.7 Å². The second-order valence-electron chi connectivity index (χ2n) is 6.99. The van der Waals surface area contributed by atoms with Gasteiger partial charge in [0.05, 0.1) is 17.9 Å². The number of carboxylic acids is 1. The van der Waals surface area contributed by atoms with E-state index < -0.39 is 12.1 Å². The van der Waals surface area contributed by atoms with Crippen molar-refractivity contribution in [2.45, 2.75) is 44.3 Å². The fourth-order valence-electron chi connectivity index (χ4n) is 3.68. The predicted molar refractivity (Wildman–Crippen MR) is 103 cm³/mol. The summed E-state index contributed by atoms with van der Waals surface area (Å²) >= 11 is 0. The predicted octanol–water partition coefficient (Wildman–Crippen LogP) is 4.21. The number of aromatic nitrogens is 5. The Balaban J connectivity index is 0.000000318. The van der Waals surface area contributed by atoms with Crippen LogP contribution in [0.3, 0.4) is 0 Å². The van der Waals surface area contributed by atoms with Crippen LogP contribution in [0.4, 0.5) is 13.2 Å². The van der Waals surface area contributed by atoms with Crippen LogP contribution in [0.5, 0.6) is 0 Å². The van der Waals surface area contributed by atoms with Crippen molar-refractivity contribution in [3.8, 4) is 23.6 Å². The number of H-pyrrole nitrogens is 1. The molecule has 2 N–H and O–H groups in total. The van der Waals surface area contributed by atoms with E-state index in [9.17, 15) is 13.2 Å². The third kappa shape index (κ3) is 4.79. The lowest BCUT2D eigenvalue weighted by Gasteiger charge is -2.21. The van der Waals surface area contributed by atoms with Gasteiger partial charge in [0.2, 0.25) is 0 Å². The van der Waals surface area contributed by atoms with E-state index in [1.54, 1.807) is 6.33 Å². The molecule has 0 radical (unpaired) electrons. The molecule has 1 aliphatic carbocycles. The topological polar surface area (TPSA) is 96.7 Å². The standard InChI is InChI=1S/C18H19N5.C2HF3O2/c1-2-5-16(13-6-3-4-7-13)23-11-14(10-22-23)17-15-8-9-19-18(15)21-12-20-17;3-2(4,5)1(6)7/h1,8-13,16H,3-7H2,(H,19,20,21);(H,6,7). The average Bonchev–Trinajstić information content (AvgIpc) is 3.47. The zero-order valence-electron chi connectivity index (χ0n) is 15.9. The molecule has 0 aliphatic heterocycles. The van der Waals surface area contributed by atoms with Gasteiger partial charge in [-0.25, -0.2) is 14.8 Å². The molecule has 1 unspecified atom stereocenters. The molecule has 1 aliphatic rings. The number of aliphatic carboxylic acids is 1. The number of hydrogen-bond donors (Lipinski definition) is 2. The fraction of sp³-hybridized carbons (Fsp3) is 0.400. The summed E-state index contributed by atoms with van der Waals surface area (Å²) in [7, 11) is 0. The maximum atomic E-state index is 10.6. The van der Waals surface area contributed by atoms with Crippen LogP contribution in [0.2, 0.25) is 0 Å². The molecular weight excluding hydrogens is 399 g/mol. The summed E-state index contributed by atoms with van der Waals surface area (Å²) in [6.45, 7) is 0. The SMILES string of the molecule is C#CCC(C1CCCC1)n1cc(-c2ncnc3[nH]ccc23)cn1.O=C(O)C(F)(F)F. The van der Waals surface area contributed by atoms with E-state index in [1.165, 1.54) is 25.7 Å². The number of carboxylic acid groups (broad SMARTS) is 1. The van der Waals surface area contributed by atoms with Gasteiger partial charge in [0.1, 0.15) is 12.0 Å². The van der Waals surface area contributed by atoms with Gasteiger partial charge in [-0.05, 0) is 24.8 Å². The zero-order valence-corrected chi connectivity index (χ0v) is 15.9. The molecular formula is C20H20F3N5O2. The normalized spacial score (nSPS) is 15.4. The van der Waals surface area contributed by atoms with Crippen molar-refractivity contribution in [3.63, 3.8) is 0 Å². The molecule has 0 bridgehead atoms. The summed E-state index contributed by atoms with van der Waals surface area (Å²) in [6, 6.07) is 2.29. The van der Waals surface area contributed by atoms with E-state index in [4.69, 9.17) is 16.3 Å². The second-order valence-corrected chi connectivity index (χ2v) is 6.99. The lowest BCUT2D eigenvalue weighted by atomic mass is 9.96. The molecule has 0 spiro atoms. The third-order valence-electron chi connectivity index (χ3n) is 5.08. The Morgan fingerprint density at radius 2 is 2.07 bits per heavy atom.